The average Bonchev–Trinajstić information content (AvgIpc) is 3.18. The molecule has 0 aliphatic carbocycles. The molecule has 2 aromatic carbocycles. The van der Waals surface area contributed by atoms with Crippen LogP contribution >= 0.6 is 0 Å². The Bertz CT molecular complexity index is 1570. The Morgan fingerprint density at radius 2 is 2.06 bits per heavy atom. The lowest BCUT2D eigenvalue weighted by Crippen LogP contribution is -2.41. The van der Waals surface area contributed by atoms with E-state index in [0.717, 1.165) is 50.6 Å². The van der Waals surface area contributed by atoms with E-state index in [1.807, 2.05) is 33.9 Å². The van der Waals surface area contributed by atoms with Gasteiger partial charge in [-0.3, -0.25) is 19.4 Å². The number of sulfonamides is 1. The fraction of sp³-hybridized carbons (Fsp3) is 0.280. The number of benzene rings is 2. The molecule has 5 rings (SSSR count). The van der Waals surface area contributed by atoms with Gasteiger partial charge >= 0.3 is 0 Å². The largest absolute Gasteiger partial charge is 0.494 e. The molecular weight excluding hydrogens is 471 g/mol. The zero-order chi connectivity index (χ0) is 24.7. The van der Waals surface area contributed by atoms with Gasteiger partial charge < -0.3 is 9.72 Å². The van der Waals surface area contributed by atoms with Gasteiger partial charge in [-0.1, -0.05) is 24.3 Å². The zero-order valence-corrected chi connectivity index (χ0v) is 20.2. The summed E-state index contributed by atoms with van der Waals surface area (Å²) in [7, 11) is -2.19. The van der Waals surface area contributed by atoms with Gasteiger partial charge in [-0.15, -0.1) is 0 Å². The van der Waals surface area contributed by atoms with Crippen LogP contribution in [0, 0.1) is 5.82 Å². The van der Waals surface area contributed by atoms with Gasteiger partial charge in [0, 0.05) is 35.8 Å². The molecule has 182 valence electrons. The van der Waals surface area contributed by atoms with Crippen LogP contribution in [-0.2, 0) is 34.2 Å². The van der Waals surface area contributed by atoms with E-state index in [-0.39, 0.29) is 12.3 Å². The number of H-pyrrole nitrogens is 1. The van der Waals surface area contributed by atoms with Crippen molar-refractivity contribution >= 4 is 37.7 Å². The molecule has 0 spiro atoms. The number of pyridine rings is 1. The van der Waals surface area contributed by atoms with E-state index in [4.69, 9.17) is 9.72 Å². The van der Waals surface area contributed by atoms with Gasteiger partial charge in [0.1, 0.15) is 0 Å². The number of fused-ring (bicyclic) bond motifs is 5. The first-order chi connectivity index (χ1) is 16.7. The van der Waals surface area contributed by atoms with E-state index in [1.54, 1.807) is 6.07 Å². The molecule has 2 N–H and O–H groups in total. The minimum absolute atomic E-state index is 0.0425. The first kappa shape index (κ1) is 23.3. The first-order valence-electron chi connectivity index (χ1n) is 11.2. The van der Waals surface area contributed by atoms with Crippen LogP contribution in [0.5, 0.6) is 5.75 Å². The molecule has 1 aliphatic heterocycles. The van der Waals surface area contributed by atoms with Crippen LogP contribution in [0.4, 0.5) is 4.39 Å². The summed E-state index contributed by atoms with van der Waals surface area (Å²) in [6.45, 7) is 0.967. The van der Waals surface area contributed by atoms with Gasteiger partial charge in [-0.2, -0.15) is 0 Å². The lowest BCUT2D eigenvalue weighted by molar-refractivity contribution is -0.120. The molecule has 10 heteroatoms. The fourth-order valence-corrected chi connectivity index (χ4v) is 5.26. The molecule has 35 heavy (non-hydrogen) atoms. The minimum atomic E-state index is -3.62. The number of ether oxygens (including phenoxy) is 1. The van der Waals surface area contributed by atoms with E-state index < -0.39 is 21.7 Å². The summed E-state index contributed by atoms with van der Waals surface area (Å²) >= 11 is 0. The van der Waals surface area contributed by atoms with E-state index >= 15 is 0 Å². The summed E-state index contributed by atoms with van der Waals surface area (Å²) in [4.78, 5) is 22.5. The smallest absolute Gasteiger partial charge is 0.247 e. The van der Waals surface area contributed by atoms with Crippen molar-refractivity contribution in [3.05, 3.63) is 70.8 Å². The molecule has 8 nitrogen and oxygen atoms in total. The second kappa shape index (κ2) is 8.94. The number of hydrogen-bond acceptors (Lipinski definition) is 6. The summed E-state index contributed by atoms with van der Waals surface area (Å²) in [5, 5.41) is 2.18. The maximum absolute atomic E-state index is 14.4. The molecule has 2 aromatic heterocycles. The number of para-hydroxylation sites is 1. The second-order valence-electron chi connectivity index (χ2n) is 8.81. The van der Waals surface area contributed by atoms with E-state index in [0.29, 0.717) is 25.9 Å². The summed E-state index contributed by atoms with van der Waals surface area (Å²) in [5.74, 6) is -0.817. The molecular formula is C25H25FN4O4S. The molecule has 0 unspecified atom stereocenters. The molecule has 0 radical (unpaired) electrons. The summed E-state index contributed by atoms with van der Waals surface area (Å²) in [6.07, 6.45) is 2.04. The number of nitrogens with one attached hydrogen (secondary N) is 2. The van der Waals surface area contributed by atoms with Crippen molar-refractivity contribution in [1.82, 2.24) is 19.6 Å². The van der Waals surface area contributed by atoms with Gasteiger partial charge in [0.2, 0.25) is 15.9 Å². The standard InChI is InChI=1S/C25H25FN4O4S/c1-34-22-8-7-15(11-18(22)26)12-20-25-24(16-5-3-4-6-19(16)28-25)17-9-10-30(13-21(17)27-20)14-23(31)29-35(2,32)33/h3-8,11,28H,9-10,12-14H2,1-2H3,(H,29,31). The van der Waals surface area contributed by atoms with Crippen LogP contribution < -0.4 is 9.46 Å². The van der Waals surface area contributed by atoms with Gasteiger partial charge in [-0.25, -0.2) is 12.8 Å². The maximum Gasteiger partial charge on any atom is 0.247 e. The SMILES string of the molecule is COc1ccc(Cc2nc3c(c4c2[nH]c2ccccc24)CCN(CC(=O)NS(C)(=O)=O)C3)cc1F. The quantitative estimate of drug-likeness (QED) is 0.425. The summed E-state index contributed by atoms with van der Waals surface area (Å²) < 4.78 is 44.2. The predicted octanol–water partition coefficient (Wildman–Crippen LogP) is 2.89. The van der Waals surface area contributed by atoms with Crippen LogP contribution in [0.2, 0.25) is 0 Å². The van der Waals surface area contributed by atoms with Gasteiger partial charge in [0.15, 0.2) is 11.6 Å². The molecule has 1 amide bonds. The first-order valence-corrected chi connectivity index (χ1v) is 13.1. The molecule has 0 fully saturated rings. The number of carbonyl (C=O) groups excluding carboxylic acids is 1. The topological polar surface area (TPSA) is 104 Å². The van der Waals surface area contributed by atoms with Crippen LogP contribution in [0.25, 0.3) is 21.8 Å². The Kier molecular flexibility index (Phi) is 5.94. The van der Waals surface area contributed by atoms with Crippen molar-refractivity contribution in [2.24, 2.45) is 0 Å². The Morgan fingerprint density at radius 3 is 2.80 bits per heavy atom. The van der Waals surface area contributed by atoms with Crippen LogP contribution in [0.1, 0.15) is 22.5 Å². The zero-order valence-electron chi connectivity index (χ0n) is 19.4. The number of methoxy groups -OCH3 is 1. The molecule has 3 heterocycles. The highest BCUT2D eigenvalue weighted by molar-refractivity contribution is 7.89. The van der Waals surface area contributed by atoms with Gasteiger partial charge in [0.05, 0.1) is 36.8 Å². The second-order valence-corrected chi connectivity index (χ2v) is 10.6. The lowest BCUT2D eigenvalue weighted by Gasteiger charge is -2.28. The third kappa shape index (κ3) is 4.71. The third-order valence-corrected chi connectivity index (χ3v) is 6.82. The van der Waals surface area contributed by atoms with E-state index in [9.17, 15) is 17.6 Å². The Morgan fingerprint density at radius 1 is 1.26 bits per heavy atom. The van der Waals surface area contributed by atoms with Crippen molar-refractivity contribution < 1.29 is 22.3 Å². The van der Waals surface area contributed by atoms with Crippen LogP contribution in [0.15, 0.2) is 42.5 Å². The normalized spacial score (nSPS) is 14.3. The third-order valence-electron chi connectivity index (χ3n) is 6.22. The van der Waals surface area contributed by atoms with Crippen molar-refractivity contribution in [3.8, 4) is 5.75 Å². The number of aromatic amines is 1. The molecule has 4 aromatic rings. The molecule has 0 saturated carbocycles. The molecule has 0 atom stereocenters. The summed E-state index contributed by atoms with van der Waals surface area (Å²) in [5.41, 5.74) is 5.41. The van der Waals surface area contributed by atoms with Crippen molar-refractivity contribution in [2.45, 2.75) is 19.4 Å². The predicted molar refractivity (Wildman–Crippen MR) is 131 cm³/mol. The van der Waals surface area contributed by atoms with Crippen molar-refractivity contribution in [2.75, 3.05) is 26.5 Å². The van der Waals surface area contributed by atoms with Crippen molar-refractivity contribution in [3.63, 3.8) is 0 Å². The summed E-state index contributed by atoms with van der Waals surface area (Å²) in [6, 6.07) is 12.9. The fourth-order valence-electron chi connectivity index (χ4n) is 4.78. The van der Waals surface area contributed by atoms with E-state index in [1.165, 1.54) is 13.2 Å². The molecule has 0 saturated heterocycles. The Balaban J connectivity index is 1.55. The maximum atomic E-state index is 14.4. The number of rotatable bonds is 6. The number of carbonyl (C=O) groups is 1. The van der Waals surface area contributed by atoms with Gasteiger partial charge in [-0.05, 0) is 35.7 Å². The van der Waals surface area contributed by atoms with Crippen LogP contribution in [-0.4, -0.2) is 55.6 Å². The van der Waals surface area contributed by atoms with E-state index in [2.05, 4.69) is 11.1 Å². The number of nitrogens with zero attached hydrogens (tertiary/aromatic N) is 2. The minimum Gasteiger partial charge on any atom is -0.494 e. The van der Waals surface area contributed by atoms with Crippen LogP contribution in [0.3, 0.4) is 0 Å². The highest BCUT2D eigenvalue weighted by Gasteiger charge is 2.25. The lowest BCUT2D eigenvalue weighted by atomic mass is 9.96. The molecule has 1 aliphatic rings. The molecule has 0 bridgehead atoms. The Hall–Kier alpha value is -3.50. The highest BCUT2D eigenvalue weighted by atomic mass is 32.2. The number of halogens is 1. The average molecular weight is 497 g/mol. The van der Waals surface area contributed by atoms with Gasteiger partial charge in [0.25, 0.3) is 0 Å². The number of aromatic nitrogens is 2. The monoisotopic (exact) mass is 496 g/mol. The van der Waals surface area contributed by atoms with Crippen molar-refractivity contribution in [1.29, 1.82) is 0 Å². The number of amides is 1. The Labute approximate surface area is 202 Å². The highest BCUT2D eigenvalue weighted by Crippen LogP contribution is 2.35. The number of hydrogen-bond donors (Lipinski definition) is 2.